The molecule has 1 aliphatic rings. The van der Waals surface area contributed by atoms with Crippen LogP contribution in [0.15, 0.2) is 55.1 Å². The van der Waals surface area contributed by atoms with Crippen LogP contribution in [0.25, 0.3) is 11.5 Å². The van der Waals surface area contributed by atoms with Crippen LogP contribution in [0.3, 0.4) is 0 Å². The van der Waals surface area contributed by atoms with Crippen LogP contribution < -0.4 is 4.90 Å². The highest BCUT2D eigenvalue weighted by Gasteiger charge is 2.20. The van der Waals surface area contributed by atoms with E-state index in [1.54, 1.807) is 0 Å². The lowest BCUT2D eigenvalue weighted by Gasteiger charge is -2.16. The monoisotopic (exact) mass is 414 g/mol. The number of anilines is 1. The van der Waals surface area contributed by atoms with Gasteiger partial charge in [0.05, 0.1) is 12.2 Å². The maximum atomic E-state index is 4.92. The Morgan fingerprint density at radius 3 is 2.58 bits per heavy atom. The molecular weight excluding hydrogens is 388 g/mol. The molecule has 5 heterocycles. The summed E-state index contributed by atoms with van der Waals surface area (Å²) in [5, 5.41) is 9.20. The average molecular weight is 415 g/mol. The number of hydrogen-bond acceptors (Lipinski definition) is 6. The van der Waals surface area contributed by atoms with Crippen molar-refractivity contribution in [3.63, 3.8) is 0 Å². The topological polar surface area (TPSA) is 77.6 Å². The molecule has 4 aromatic rings. The minimum Gasteiger partial charge on any atom is -0.357 e. The van der Waals surface area contributed by atoms with Crippen LogP contribution in [0.4, 0.5) is 5.82 Å². The predicted molar refractivity (Wildman–Crippen MR) is 119 cm³/mol. The van der Waals surface area contributed by atoms with E-state index in [-0.39, 0.29) is 6.04 Å². The van der Waals surface area contributed by atoms with Gasteiger partial charge in [0.25, 0.3) is 0 Å². The highest BCUT2D eigenvalue weighted by Crippen LogP contribution is 2.25. The number of nitrogens with zero attached hydrogens (tertiary/aromatic N) is 8. The van der Waals surface area contributed by atoms with E-state index in [0.29, 0.717) is 12.2 Å². The minimum absolute atomic E-state index is 0.0256. The molecule has 1 atom stereocenters. The molecule has 1 saturated heterocycles. The molecule has 0 saturated carbocycles. The Kier molecular flexibility index (Phi) is 5.19. The van der Waals surface area contributed by atoms with Gasteiger partial charge in [-0.15, -0.1) is 5.10 Å². The maximum absolute atomic E-state index is 4.92. The van der Waals surface area contributed by atoms with E-state index >= 15 is 0 Å². The van der Waals surface area contributed by atoms with E-state index in [4.69, 9.17) is 15.1 Å². The Labute approximate surface area is 181 Å². The molecule has 0 amide bonds. The van der Waals surface area contributed by atoms with Crippen LogP contribution in [0.5, 0.6) is 0 Å². The number of aryl methyl sites for hydroxylation is 1. The van der Waals surface area contributed by atoms with Gasteiger partial charge in [-0.25, -0.2) is 14.6 Å². The molecule has 4 aromatic heterocycles. The van der Waals surface area contributed by atoms with Crippen molar-refractivity contribution >= 4 is 5.82 Å². The van der Waals surface area contributed by atoms with Crippen LogP contribution in [-0.4, -0.2) is 47.6 Å². The molecule has 0 spiro atoms. The van der Waals surface area contributed by atoms with Crippen molar-refractivity contribution in [3.05, 3.63) is 72.1 Å². The Balaban J connectivity index is 1.53. The van der Waals surface area contributed by atoms with E-state index in [1.165, 1.54) is 12.8 Å². The van der Waals surface area contributed by atoms with Gasteiger partial charge in [0, 0.05) is 45.1 Å². The summed E-state index contributed by atoms with van der Waals surface area (Å²) in [7, 11) is 1.92. The molecule has 8 nitrogen and oxygen atoms in total. The van der Waals surface area contributed by atoms with Crippen molar-refractivity contribution in [1.82, 2.24) is 34.5 Å². The van der Waals surface area contributed by atoms with Gasteiger partial charge in [-0.2, -0.15) is 5.10 Å². The van der Waals surface area contributed by atoms with E-state index in [9.17, 15) is 0 Å². The molecule has 0 radical (unpaired) electrons. The molecular formula is C23H26N8. The summed E-state index contributed by atoms with van der Waals surface area (Å²) in [6.07, 6.45) is 10.6. The first kappa shape index (κ1) is 19.4. The predicted octanol–water partition coefficient (Wildman–Crippen LogP) is 3.27. The normalized spacial score (nSPS) is 14.8. The standard InChI is InChI=1S/C23H26N8/c1-17(19-8-10-24-11-9-19)31-22(14-18-15-25-29(2)16-18)27-23(28-31)20-6-5-7-21(26-20)30-12-3-4-13-30/h5-11,15-17H,3-4,12-14H2,1-2H3. The fourth-order valence-electron chi connectivity index (χ4n) is 4.09. The molecule has 0 aliphatic carbocycles. The molecule has 158 valence electrons. The molecule has 0 bridgehead atoms. The van der Waals surface area contributed by atoms with Gasteiger partial charge in [-0.1, -0.05) is 6.07 Å². The average Bonchev–Trinajstić information content (AvgIpc) is 3.56. The lowest BCUT2D eigenvalue weighted by molar-refractivity contribution is 0.540. The first-order valence-electron chi connectivity index (χ1n) is 10.7. The van der Waals surface area contributed by atoms with Crippen molar-refractivity contribution in [2.75, 3.05) is 18.0 Å². The quantitative estimate of drug-likeness (QED) is 0.482. The fourth-order valence-corrected chi connectivity index (χ4v) is 4.09. The number of rotatable bonds is 6. The largest absolute Gasteiger partial charge is 0.357 e. The summed E-state index contributed by atoms with van der Waals surface area (Å²) in [4.78, 5) is 16.3. The van der Waals surface area contributed by atoms with Crippen LogP contribution in [0.2, 0.25) is 0 Å². The third kappa shape index (κ3) is 4.05. The summed E-state index contributed by atoms with van der Waals surface area (Å²) >= 11 is 0. The highest BCUT2D eigenvalue weighted by atomic mass is 15.4. The van der Waals surface area contributed by atoms with Gasteiger partial charge in [-0.3, -0.25) is 9.67 Å². The van der Waals surface area contributed by atoms with Gasteiger partial charge in [0.15, 0.2) is 5.82 Å². The SMILES string of the molecule is CC(c1ccncc1)n1nc(-c2cccc(N3CCCC3)n2)nc1Cc1cnn(C)c1. The Bertz CT molecular complexity index is 1160. The van der Waals surface area contributed by atoms with Crippen LogP contribution in [-0.2, 0) is 13.5 Å². The zero-order valence-corrected chi connectivity index (χ0v) is 17.9. The number of pyridine rings is 2. The van der Waals surface area contributed by atoms with Crippen molar-refractivity contribution in [3.8, 4) is 11.5 Å². The second kappa shape index (κ2) is 8.29. The fraction of sp³-hybridized carbons (Fsp3) is 0.348. The minimum atomic E-state index is 0.0256. The molecule has 1 unspecified atom stereocenters. The molecule has 1 fully saturated rings. The zero-order chi connectivity index (χ0) is 21.2. The van der Waals surface area contributed by atoms with E-state index in [0.717, 1.165) is 41.6 Å². The van der Waals surface area contributed by atoms with E-state index < -0.39 is 0 Å². The number of aromatic nitrogens is 7. The summed E-state index contributed by atoms with van der Waals surface area (Å²) in [5.74, 6) is 2.55. The maximum Gasteiger partial charge on any atom is 0.200 e. The summed E-state index contributed by atoms with van der Waals surface area (Å²) in [6.45, 7) is 4.25. The van der Waals surface area contributed by atoms with E-state index in [1.807, 2.05) is 65.5 Å². The van der Waals surface area contributed by atoms with Crippen LogP contribution in [0.1, 0.15) is 42.8 Å². The molecule has 0 N–H and O–H groups in total. The van der Waals surface area contributed by atoms with Crippen LogP contribution in [0, 0.1) is 0 Å². The van der Waals surface area contributed by atoms with Gasteiger partial charge in [0.1, 0.15) is 17.3 Å². The smallest absolute Gasteiger partial charge is 0.200 e. The molecule has 1 aliphatic heterocycles. The lowest BCUT2D eigenvalue weighted by atomic mass is 10.1. The molecule has 5 rings (SSSR count). The number of hydrogen-bond donors (Lipinski definition) is 0. The lowest BCUT2D eigenvalue weighted by Crippen LogP contribution is -2.18. The highest BCUT2D eigenvalue weighted by molar-refractivity contribution is 5.54. The van der Waals surface area contributed by atoms with Gasteiger partial charge >= 0.3 is 0 Å². The summed E-state index contributed by atoms with van der Waals surface area (Å²) < 4.78 is 3.81. The van der Waals surface area contributed by atoms with Gasteiger partial charge < -0.3 is 4.90 Å². The van der Waals surface area contributed by atoms with Crippen molar-refractivity contribution in [1.29, 1.82) is 0 Å². The van der Waals surface area contributed by atoms with Crippen molar-refractivity contribution in [2.45, 2.75) is 32.2 Å². The summed E-state index contributed by atoms with van der Waals surface area (Å²) in [6, 6.07) is 10.2. The van der Waals surface area contributed by atoms with Crippen molar-refractivity contribution < 1.29 is 0 Å². The second-order valence-electron chi connectivity index (χ2n) is 8.03. The third-order valence-electron chi connectivity index (χ3n) is 5.77. The zero-order valence-electron chi connectivity index (χ0n) is 17.9. The van der Waals surface area contributed by atoms with Crippen molar-refractivity contribution in [2.24, 2.45) is 7.05 Å². The molecule has 31 heavy (non-hydrogen) atoms. The van der Waals surface area contributed by atoms with Gasteiger partial charge in [-0.05, 0) is 55.2 Å². The van der Waals surface area contributed by atoms with E-state index in [2.05, 4.69) is 28.0 Å². The van der Waals surface area contributed by atoms with Crippen LogP contribution >= 0.6 is 0 Å². The van der Waals surface area contributed by atoms with Gasteiger partial charge in [0.2, 0.25) is 0 Å². The summed E-state index contributed by atoms with van der Waals surface area (Å²) in [5.41, 5.74) is 3.04. The Morgan fingerprint density at radius 2 is 1.84 bits per heavy atom. The molecule has 8 heteroatoms. The molecule has 0 aromatic carbocycles. The third-order valence-corrected chi connectivity index (χ3v) is 5.77. The first-order valence-corrected chi connectivity index (χ1v) is 10.7. The Hall–Kier alpha value is -3.55. The first-order chi connectivity index (χ1) is 15.2. The Morgan fingerprint density at radius 1 is 1.03 bits per heavy atom. The second-order valence-corrected chi connectivity index (χ2v) is 8.03.